The highest BCUT2D eigenvalue weighted by molar-refractivity contribution is 8.33. The van der Waals surface area contributed by atoms with E-state index in [4.69, 9.17) is 4.74 Å². The van der Waals surface area contributed by atoms with Gasteiger partial charge in [-0.25, -0.2) is 10.0 Å². The Bertz CT molecular complexity index is 527. The fraction of sp³-hybridized carbons (Fsp3) is 0.294. The van der Waals surface area contributed by atoms with E-state index >= 15 is 0 Å². The summed E-state index contributed by atoms with van der Waals surface area (Å²) >= 11 is 0. The number of hydrogen-bond acceptors (Lipinski definition) is 1. The van der Waals surface area contributed by atoms with Crippen molar-refractivity contribution in [2.45, 2.75) is 17.7 Å². The zero-order chi connectivity index (χ0) is 13.1. The summed E-state index contributed by atoms with van der Waals surface area (Å²) < 4.78 is 5.84. The minimum atomic E-state index is -0.528. The molecule has 1 saturated heterocycles. The summed E-state index contributed by atoms with van der Waals surface area (Å²) in [4.78, 5) is 1.53. The maximum Gasteiger partial charge on any atom is 0.127 e. The summed E-state index contributed by atoms with van der Waals surface area (Å²) in [7, 11) is -0.528. The fourth-order valence-corrected chi connectivity index (χ4v) is 5.79. The average molecular weight is 272 g/mol. The highest BCUT2D eigenvalue weighted by atomic mass is 32.3. The molecule has 2 aromatic carbocycles. The standard InChI is InChI=1S/C17H20OS/c1-19(13-5-6-14-19)17-11-9-16(10-12-17)18-15-7-3-2-4-8-15/h2-4,7-12H,5-6,13-14H2,1H3. The number of benzene rings is 2. The molecular formula is C17H20OS. The average Bonchev–Trinajstić information content (AvgIpc) is 2.89. The monoisotopic (exact) mass is 272 g/mol. The van der Waals surface area contributed by atoms with Gasteiger partial charge in [0.15, 0.2) is 0 Å². The summed E-state index contributed by atoms with van der Waals surface area (Å²) in [6, 6.07) is 18.7. The summed E-state index contributed by atoms with van der Waals surface area (Å²) in [6.07, 6.45) is 5.26. The summed E-state index contributed by atoms with van der Waals surface area (Å²) in [5, 5.41) is 0. The fourth-order valence-electron chi connectivity index (χ4n) is 2.64. The normalized spacial score (nSPS) is 19.0. The van der Waals surface area contributed by atoms with Crippen LogP contribution in [0.25, 0.3) is 0 Å². The highest BCUT2D eigenvalue weighted by Gasteiger charge is 2.24. The van der Waals surface area contributed by atoms with Crippen molar-refractivity contribution in [3.63, 3.8) is 0 Å². The lowest BCUT2D eigenvalue weighted by Gasteiger charge is -2.31. The molecular weight excluding hydrogens is 252 g/mol. The van der Waals surface area contributed by atoms with E-state index < -0.39 is 10.0 Å². The zero-order valence-electron chi connectivity index (χ0n) is 11.3. The lowest BCUT2D eigenvalue weighted by Crippen LogP contribution is -1.99. The molecule has 100 valence electrons. The quantitative estimate of drug-likeness (QED) is 0.758. The number of hydrogen-bond donors (Lipinski definition) is 0. The Morgan fingerprint density at radius 2 is 1.37 bits per heavy atom. The van der Waals surface area contributed by atoms with Crippen LogP contribution in [-0.2, 0) is 0 Å². The van der Waals surface area contributed by atoms with E-state index in [0.717, 1.165) is 11.5 Å². The molecule has 1 fully saturated rings. The molecule has 1 aliphatic rings. The first-order valence-electron chi connectivity index (χ1n) is 6.83. The second kappa shape index (κ2) is 5.30. The van der Waals surface area contributed by atoms with Crippen molar-refractivity contribution in [3.05, 3.63) is 54.6 Å². The van der Waals surface area contributed by atoms with Crippen LogP contribution >= 0.6 is 10.0 Å². The first kappa shape index (κ1) is 12.6. The number of ether oxygens (including phenoxy) is 1. The van der Waals surface area contributed by atoms with Gasteiger partial charge >= 0.3 is 0 Å². The van der Waals surface area contributed by atoms with E-state index in [1.165, 1.54) is 29.2 Å². The third kappa shape index (κ3) is 2.79. The molecule has 2 aromatic rings. The molecule has 3 rings (SSSR count). The minimum Gasteiger partial charge on any atom is -0.457 e. The molecule has 0 radical (unpaired) electrons. The van der Waals surface area contributed by atoms with Gasteiger partial charge in [-0.05, 0) is 71.9 Å². The van der Waals surface area contributed by atoms with Gasteiger partial charge in [0.1, 0.15) is 11.5 Å². The van der Waals surface area contributed by atoms with Gasteiger partial charge in [0.2, 0.25) is 0 Å². The number of rotatable bonds is 3. The predicted octanol–water partition coefficient (Wildman–Crippen LogP) is 5.07. The molecule has 0 aromatic heterocycles. The lowest BCUT2D eigenvalue weighted by molar-refractivity contribution is 0.482. The Hall–Kier alpha value is -1.41. The van der Waals surface area contributed by atoms with Crippen LogP contribution in [0.4, 0.5) is 0 Å². The Morgan fingerprint density at radius 1 is 0.789 bits per heavy atom. The van der Waals surface area contributed by atoms with Crippen molar-refractivity contribution in [2.75, 3.05) is 17.8 Å². The molecule has 19 heavy (non-hydrogen) atoms. The second-order valence-corrected chi connectivity index (χ2v) is 9.11. The van der Waals surface area contributed by atoms with E-state index in [1.54, 1.807) is 0 Å². The van der Waals surface area contributed by atoms with E-state index in [-0.39, 0.29) is 0 Å². The molecule has 2 heteroatoms. The van der Waals surface area contributed by atoms with E-state index in [0.29, 0.717) is 0 Å². The van der Waals surface area contributed by atoms with Crippen LogP contribution < -0.4 is 4.74 Å². The Balaban J connectivity index is 1.76. The molecule has 0 saturated carbocycles. The van der Waals surface area contributed by atoms with Crippen LogP contribution in [0.1, 0.15) is 12.8 Å². The molecule has 0 atom stereocenters. The SMILES string of the molecule is CS1(c2ccc(Oc3ccccc3)cc2)CCCC1. The molecule has 0 N–H and O–H groups in total. The molecule has 0 aliphatic carbocycles. The third-order valence-corrected chi connectivity index (χ3v) is 7.60. The van der Waals surface area contributed by atoms with Crippen molar-refractivity contribution >= 4 is 10.0 Å². The molecule has 0 bridgehead atoms. The maximum atomic E-state index is 5.84. The van der Waals surface area contributed by atoms with Crippen LogP contribution in [0, 0.1) is 0 Å². The maximum absolute atomic E-state index is 5.84. The van der Waals surface area contributed by atoms with Gasteiger partial charge in [0, 0.05) is 0 Å². The van der Waals surface area contributed by atoms with Gasteiger partial charge < -0.3 is 4.74 Å². The van der Waals surface area contributed by atoms with Crippen LogP contribution in [0.3, 0.4) is 0 Å². The first-order chi connectivity index (χ1) is 9.26. The predicted molar refractivity (Wildman–Crippen MR) is 83.7 cm³/mol. The zero-order valence-corrected chi connectivity index (χ0v) is 12.2. The van der Waals surface area contributed by atoms with Crippen molar-refractivity contribution in [3.8, 4) is 11.5 Å². The van der Waals surface area contributed by atoms with Gasteiger partial charge in [-0.2, -0.15) is 0 Å². The smallest absolute Gasteiger partial charge is 0.127 e. The minimum absolute atomic E-state index is 0.528. The van der Waals surface area contributed by atoms with Crippen LogP contribution in [0.2, 0.25) is 0 Å². The molecule has 0 unspecified atom stereocenters. The van der Waals surface area contributed by atoms with Crippen LogP contribution in [0.15, 0.2) is 59.5 Å². The van der Waals surface area contributed by atoms with Crippen LogP contribution in [0.5, 0.6) is 11.5 Å². The van der Waals surface area contributed by atoms with Gasteiger partial charge in [0.25, 0.3) is 0 Å². The first-order valence-corrected chi connectivity index (χ1v) is 9.21. The second-order valence-electron chi connectivity index (χ2n) is 5.28. The largest absolute Gasteiger partial charge is 0.457 e. The Labute approximate surface area is 116 Å². The molecule has 0 amide bonds. The van der Waals surface area contributed by atoms with Gasteiger partial charge in [-0.3, -0.25) is 0 Å². The Kier molecular flexibility index (Phi) is 3.52. The van der Waals surface area contributed by atoms with E-state index in [9.17, 15) is 0 Å². The van der Waals surface area contributed by atoms with Crippen LogP contribution in [-0.4, -0.2) is 17.8 Å². The van der Waals surface area contributed by atoms with E-state index in [2.05, 4.69) is 30.5 Å². The molecule has 0 spiro atoms. The molecule has 1 nitrogen and oxygen atoms in total. The highest BCUT2D eigenvalue weighted by Crippen LogP contribution is 2.57. The van der Waals surface area contributed by atoms with Crippen molar-refractivity contribution in [2.24, 2.45) is 0 Å². The number of para-hydroxylation sites is 1. The lowest BCUT2D eigenvalue weighted by atomic mass is 10.3. The summed E-state index contributed by atoms with van der Waals surface area (Å²) in [5.41, 5.74) is 0. The Morgan fingerprint density at radius 3 is 2.00 bits per heavy atom. The van der Waals surface area contributed by atoms with Crippen molar-refractivity contribution in [1.82, 2.24) is 0 Å². The molecule has 1 aliphatic heterocycles. The molecule has 1 heterocycles. The van der Waals surface area contributed by atoms with Gasteiger partial charge in [0.05, 0.1) is 0 Å². The topological polar surface area (TPSA) is 9.23 Å². The third-order valence-electron chi connectivity index (χ3n) is 3.81. The van der Waals surface area contributed by atoms with E-state index in [1.807, 2.05) is 30.3 Å². The van der Waals surface area contributed by atoms with Crippen molar-refractivity contribution in [1.29, 1.82) is 0 Å². The van der Waals surface area contributed by atoms with Gasteiger partial charge in [-0.15, -0.1) is 0 Å². The van der Waals surface area contributed by atoms with Crippen molar-refractivity contribution < 1.29 is 4.74 Å². The van der Waals surface area contributed by atoms with Gasteiger partial charge in [-0.1, -0.05) is 18.2 Å². The summed E-state index contributed by atoms with van der Waals surface area (Å²) in [5.74, 6) is 4.61. The summed E-state index contributed by atoms with van der Waals surface area (Å²) in [6.45, 7) is 0.